The average Bonchev–Trinajstić information content (AvgIpc) is 3.27. The van der Waals surface area contributed by atoms with Gasteiger partial charge in [-0.3, -0.25) is 9.78 Å². The van der Waals surface area contributed by atoms with Gasteiger partial charge in [0.25, 0.3) is 5.91 Å². The topological polar surface area (TPSA) is 53.4 Å². The van der Waals surface area contributed by atoms with Crippen molar-refractivity contribution in [2.45, 2.75) is 64.1 Å². The molecule has 1 atom stereocenters. The van der Waals surface area contributed by atoms with Gasteiger partial charge in [-0.1, -0.05) is 24.0 Å². The summed E-state index contributed by atoms with van der Waals surface area (Å²) in [5.41, 5.74) is 5.04. The van der Waals surface area contributed by atoms with E-state index >= 15 is 0 Å². The van der Waals surface area contributed by atoms with E-state index < -0.39 is 5.60 Å². The first-order valence-electron chi connectivity index (χ1n) is 10.6. The molecule has 1 unspecified atom stereocenters. The van der Waals surface area contributed by atoms with Crippen molar-refractivity contribution >= 4 is 5.91 Å². The second-order valence-corrected chi connectivity index (χ2v) is 9.10. The summed E-state index contributed by atoms with van der Waals surface area (Å²) in [4.78, 5) is 19.7. The monoisotopic (exact) mass is 386 g/mol. The molecule has 4 heteroatoms. The van der Waals surface area contributed by atoms with Gasteiger partial charge in [-0.15, -0.1) is 0 Å². The van der Waals surface area contributed by atoms with Gasteiger partial charge in [-0.2, -0.15) is 0 Å². The summed E-state index contributed by atoms with van der Waals surface area (Å²) in [6.45, 7) is 4.19. The van der Waals surface area contributed by atoms with Crippen LogP contribution in [0.15, 0.2) is 30.5 Å². The van der Waals surface area contributed by atoms with Gasteiger partial charge in [-0.05, 0) is 75.1 Å². The van der Waals surface area contributed by atoms with Gasteiger partial charge < -0.3 is 10.0 Å². The molecule has 1 fully saturated rings. The van der Waals surface area contributed by atoms with E-state index in [0.29, 0.717) is 18.0 Å². The minimum atomic E-state index is -0.914. The van der Waals surface area contributed by atoms with Crippen LogP contribution in [0, 0.1) is 17.8 Å². The van der Waals surface area contributed by atoms with Crippen molar-refractivity contribution in [2.24, 2.45) is 5.92 Å². The van der Waals surface area contributed by atoms with E-state index in [1.165, 1.54) is 5.56 Å². The van der Waals surface area contributed by atoms with Crippen LogP contribution in [0.2, 0.25) is 0 Å². The zero-order valence-corrected chi connectivity index (χ0v) is 17.0. The number of aryl methyl sites for hydroxylation is 1. The molecule has 1 saturated carbocycles. The fraction of sp³-hybridized carbons (Fsp3) is 0.440. The van der Waals surface area contributed by atoms with E-state index in [0.717, 1.165) is 54.5 Å². The highest BCUT2D eigenvalue weighted by molar-refractivity contribution is 6.01. The lowest BCUT2D eigenvalue weighted by molar-refractivity contribution is -0.0224. The number of aromatic nitrogens is 1. The number of pyridine rings is 1. The summed E-state index contributed by atoms with van der Waals surface area (Å²) in [6, 6.07) is 7.76. The van der Waals surface area contributed by atoms with Crippen molar-refractivity contribution in [3.05, 3.63) is 64.0 Å². The van der Waals surface area contributed by atoms with Crippen LogP contribution in [0.25, 0.3) is 0 Å². The number of fused-ring (bicyclic) bond motifs is 2. The number of aliphatic hydroxyl groups is 1. The Morgan fingerprint density at radius 1 is 1.17 bits per heavy atom. The minimum absolute atomic E-state index is 0.00359. The zero-order valence-electron chi connectivity index (χ0n) is 17.0. The third-order valence-corrected chi connectivity index (χ3v) is 6.41. The second-order valence-electron chi connectivity index (χ2n) is 9.10. The largest absolute Gasteiger partial charge is 0.388 e. The molecular formula is C25H26N2O2. The summed E-state index contributed by atoms with van der Waals surface area (Å²) in [5.74, 6) is 6.98. The van der Waals surface area contributed by atoms with Crippen LogP contribution in [0.5, 0.6) is 0 Å². The maximum atomic E-state index is 13.4. The van der Waals surface area contributed by atoms with E-state index in [2.05, 4.69) is 16.8 Å². The lowest BCUT2D eigenvalue weighted by atomic mass is 9.93. The first kappa shape index (κ1) is 18.4. The van der Waals surface area contributed by atoms with Crippen molar-refractivity contribution in [2.75, 3.05) is 0 Å². The molecule has 2 aliphatic carbocycles. The number of nitrogens with zero attached hydrogens (tertiary/aromatic N) is 2. The van der Waals surface area contributed by atoms with Crippen LogP contribution < -0.4 is 0 Å². The fourth-order valence-corrected chi connectivity index (χ4v) is 5.05. The standard InChI is InChI=1S/C25H26N2O2/c1-25(2,29)23(18-11-12-18)27-15-19-6-3-5-17(22(19)24(27)28)10-9-16-13-14-26-21-8-4-7-20(16)21/h3,5-6,13-14,18,23,29H,4,7-8,11-12,15H2,1-2H3. The van der Waals surface area contributed by atoms with Gasteiger partial charge in [0, 0.05) is 29.6 Å². The van der Waals surface area contributed by atoms with E-state index in [1.807, 2.05) is 49.2 Å². The predicted molar refractivity (Wildman–Crippen MR) is 111 cm³/mol. The Morgan fingerprint density at radius 3 is 2.72 bits per heavy atom. The van der Waals surface area contributed by atoms with Crippen LogP contribution in [0.4, 0.5) is 0 Å². The smallest absolute Gasteiger partial charge is 0.256 e. The highest BCUT2D eigenvalue weighted by Crippen LogP contribution is 2.43. The Labute approximate surface area is 172 Å². The summed E-state index contributed by atoms with van der Waals surface area (Å²) < 4.78 is 0. The molecule has 29 heavy (non-hydrogen) atoms. The summed E-state index contributed by atoms with van der Waals surface area (Å²) >= 11 is 0. The molecule has 2 heterocycles. The number of carbonyl (C=O) groups is 1. The minimum Gasteiger partial charge on any atom is -0.388 e. The van der Waals surface area contributed by atoms with Crippen LogP contribution >= 0.6 is 0 Å². The fourth-order valence-electron chi connectivity index (χ4n) is 5.05. The Hall–Kier alpha value is -2.64. The molecular weight excluding hydrogens is 360 g/mol. The van der Waals surface area contributed by atoms with Crippen LogP contribution in [-0.2, 0) is 19.4 Å². The van der Waals surface area contributed by atoms with Gasteiger partial charge in [-0.25, -0.2) is 0 Å². The second kappa shape index (κ2) is 6.71. The summed E-state index contributed by atoms with van der Waals surface area (Å²) in [7, 11) is 0. The van der Waals surface area contributed by atoms with Crippen molar-refractivity contribution in [1.29, 1.82) is 0 Å². The predicted octanol–water partition coefficient (Wildman–Crippen LogP) is 3.48. The van der Waals surface area contributed by atoms with Gasteiger partial charge in [0.05, 0.1) is 17.2 Å². The SMILES string of the molecule is CC(C)(O)C(C1CC1)N1Cc2cccc(C#Cc3ccnc4c3CCC4)c2C1=O. The quantitative estimate of drug-likeness (QED) is 0.822. The maximum Gasteiger partial charge on any atom is 0.256 e. The van der Waals surface area contributed by atoms with Gasteiger partial charge in [0.1, 0.15) is 0 Å². The van der Waals surface area contributed by atoms with E-state index in [-0.39, 0.29) is 11.9 Å². The molecule has 1 amide bonds. The number of rotatable bonds is 3. The first-order chi connectivity index (χ1) is 13.9. The summed E-state index contributed by atoms with van der Waals surface area (Å²) in [5, 5.41) is 10.7. The molecule has 0 saturated heterocycles. The van der Waals surface area contributed by atoms with Crippen LogP contribution in [-0.4, -0.2) is 32.5 Å². The van der Waals surface area contributed by atoms with Crippen molar-refractivity contribution in [3.8, 4) is 11.8 Å². The molecule has 0 spiro atoms. The van der Waals surface area contributed by atoms with Gasteiger partial charge in [0.2, 0.25) is 0 Å². The highest BCUT2D eigenvalue weighted by Gasteiger charge is 2.48. The third-order valence-electron chi connectivity index (χ3n) is 6.41. The van der Waals surface area contributed by atoms with Gasteiger partial charge >= 0.3 is 0 Å². The maximum absolute atomic E-state index is 13.4. The Morgan fingerprint density at radius 2 is 1.97 bits per heavy atom. The van der Waals surface area contributed by atoms with Crippen molar-refractivity contribution < 1.29 is 9.90 Å². The Kier molecular flexibility index (Phi) is 4.26. The third kappa shape index (κ3) is 3.24. The molecule has 4 nitrogen and oxygen atoms in total. The molecule has 0 radical (unpaired) electrons. The number of hydrogen-bond donors (Lipinski definition) is 1. The van der Waals surface area contributed by atoms with Gasteiger partial charge in [0.15, 0.2) is 0 Å². The molecule has 1 aromatic heterocycles. The number of amides is 1. The molecule has 0 bridgehead atoms. The van der Waals surface area contributed by atoms with Crippen LogP contribution in [0.1, 0.15) is 71.4 Å². The summed E-state index contributed by atoms with van der Waals surface area (Å²) in [6.07, 6.45) is 7.18. The van der Waals surface area contributed by atoms with E-state index in [4.69, 9.17) is 0 Å². The number of hydrogen-bond acceptors (Lipinski definition) is 3. The normalized spacial score (nSPS) is 18.9. The molecule has 1 aliphatic heterocycles. The highest BCUT2D eigenvalue weighted by atomic mass is 16.3. The Bertz CT molecular complexity index is 1050. The van der Waals surface area contributed by atoms with Crippen molar-refractivity contribution in [1.82, 2.24) is 9.88 Å². The van der Waals surface area contributed by atoms with Crippen molar-refractivity contribution in [3.63, 3.8) is 0 Å². The Balaban J connectivity index is 1.50. The molecule has 2 aromatic rings. The molecule has 3 aliphatic rings. The van der Waals surface area contributed by atoms with E-state index in [9.17, 15) is 9.90 Å². The number of carbonyl (C=O) groups excluding carboxylic acids is 1. The molecule has 1 N–H and O–H groups in total. The lowest BCUT2D eigenvalue weighted by Crippen LogP contribution is -2.51. The molecule has 5 rings (SSSR count). The number of benzene rings is 1. The first-order valence-corrected chi connectivity index (χ1v) is 10.6. The lowest BCUT2D eigenvalue weighted by Gasteiger charge is -2.37. The van der Waals surface area contributed by atoms with Crippen LogP contribution in [0.3, 0.4) is 0 Å². The molecule has 148 valence electrons. The average molecular weight is 386 g/mol. The zero-order chi connectivity index (χ0) is 20.2. The van der Waals surface area contributed by atoms with E-state index in [1.54, 1.807) is 0 Å². The molecule has 1 aromatic carbocycles.